The molecular formula is C22H20N2O2. The van der Waals surface area contributed by atoms with Gasteiger partial charge in [-0.1, -0.05) is 44.2 Å². The third-order valence-electron chi connectivity index (χ3n) is 5.00. The van der Waals surface area contributed by atoms with Gasteiger partial charge in [0, 0.05) is 30.8 Å². The number of hydrogen-bond donors (Lipinski definition) is 0. The van der Waals surface area contributed by atoms with Crippen LogP contribution in [0.4, 0.5) is 0 Å². The maximum Gasteiger partial charge on any atom is 0.218 e. The van der Waals surface area contributed by atoms with E-state index in [1.54, 1.807) is 0 Å². The van der Waals surface area contributed by atoms with Crippen molar-refractivity contribution in [3.05, 3.63) is 77.3 Å². The molecule has 2 heterocycles. The van der Waals surface area contributed by atoms with Crippen LogP contribution in [0.3, 0.4) is 0 Å². The van der Waals surface area contributed by atoms with Crippen LogP contribution in [0.15, 0.2) is 71.8 Å². The standard InChI is InChI=1S/C22H20N2O2/c1-22(2)12-17(25)20-18(13-22)26-21(24-10-6-7-11-24)16(14-23)19(20)15-8-4-3-5-9-15/h3-11,19H,12-13H2,1-2H3/t19-/m1/s1. The quantitative estimate of drug-likeness (QED) is 0.797. The van der Waals surface area contributed by atoms with E-state index in [0.29, 0.717) is 35.6 Å². The fourth-order valence-electron chi connectivity index (χ4n) is 3.88. The predicted molar refractivity (Wildman–Crippen MR) is 98.6 cm³/mol. The first-order valence-electron chi connectivity index (χ1n) is 8.77. The predicted octanol–water partition coefficient (Wildman–Crippen LogP) is 4.64. The monoisotopic (exact) mass is 344 g/mol. The van der Waals surface area contributed by atoms with Crippen molar-refractivity contribution in [2.75, 3.05) is 0 Å². The second-order valence-corrected chi connectivity index (χ2v) is 7.64. The van der Waals surface area contributed by atoms with Crippen molar-refractivity contribution in [1.82, 2.24) is 4.57 Å². The van der Waals surface area contributed by atoms with Crippen LogP contribution in [0, 0.1) is 16.7 Å². The number of nitriles is 1. The third-order valence-corrected chi connectivity index (χ3v) is 5.00. The molecule has 4 heteroatoms. The van der Waals surface area contributed by atoms with Gasteiger partial charge in [0.2, 0.25) is 5.88 Å². The summed E-state index contributed by atoms with van der Waals surface area (Å²) in [5, 5.41) is 9.94. The highest BCUT2D eigenvalue weighted by atomic mass is 16.5. The Morgan fingerprint density at radius 3 is 2.46 bits per heavy atom. The molecule has 0 bridgehead atoms. The van der Waals surface area contributed by atoms with Gasteiger partial charge in [-0.2, -0.15) is 5.26 Å². The van der Waals surface area contributed by atoms with Crippen molar-refractivity contribution in [3.63, 3.8) is 0 Å². The molecule has 1 aromatic carbocycles. The average Bonchev–Trinajstić information content (AvgIpc) is 3.14. The van der Waals surface area contributed by atoms with E-state index < -0.39 is 0 Å². The van der Waals surface area contributed by atoms with Crippen LogP contribution in [0.5, 0.6) is 0 Å². The Labute approximate surface area is 153 Å². The maximum absolute atomic E-state index is 13.0. The van der Waals surface area contributed by atoms with Crippen molar-refractivity contribution in [2.45, 2.75) is 32.6 Å². The van der Waals surface area contributed by atoms with Gasteiger partial charge in [-0.15, -0.1) is 0 Å². The summed E-state index contributed by atoms with van der Waals surface area (Å²) in [6.07, 6.45) is 4.86. The van der Waals surface area contributed by atoms with Crippen LogP contribution in [0.2, 0.25) is 0 Å². The molecule has 0 spiro atoms. The number of hydrogen-bond acceptors (Lipinski definition) is 3. The van der Waals surface area contributed by atoms with Crippen molar-refractivity contribution in [1.29, 1.82) is 5.26 Å². The summed E-state index contributed by atoms with van der Waals surface area (Å²) in [7, 11) is 0. The van der Waals surface area contributed by atoms with Gasteiger partial charge in [0.05, 0.1) is 5.92 Å². The Kier molecular flexibility index (Phi) is 3.81. The molecule has 0 fully saturated rings. The smallest absolute Gasteiger partial charge is 0.218 e. The molecule has 0 amide bonds. The Morgan fingerprint density at radius 2 is 1.81 bits per heavy atom. The minimum absolute atomic E-state index is 0.0735. The molecule has 26 heavy (non-hydrogen) atoms. The Hall–Kier alpha value is -3.06. The highest BCUT2D eigenvalue weighted by molar-refractivity contribution is 6.00. The molecule has 4 nitrogen and oxygen atoms in total. The number of ketones is 1. The largest absolute Gasteiger partial charge is 0.443 e. The number of ether oxygens (including phenoxy) is 1. The summed E-state index contributed by atoms with van der Waals surface area (Å²) < 4.78 is 7.98. The molecule has 130 valence electrons. The van der Waals surface area contributed by atoms with Crippen LogP contribution in [0.1, 0.15) is 38.2 Å². The molecule has 1 aliphatic carbocycles. The molecule has 0 radical (unpaired) electrons. The molecule has 1 aromatic heterocycles. The van der Waals surface area contributed by atoms with Crippen LogP contribution in [0.25, 0.3) is 5.88 Å². The van der Waals surface area contributed by atoms with Crippen molar-refractivity contribution >= 4 is 11.7 Å². The highest BCUT2D eigenvalue weighted by Crippen LogP contribution is 2.49. The number of aromatic nitrogens is 1. The first-order chi connectivity index (χ1) is 12.5. The number of Topliss-reactive ketones (excluding diaryl/α,β-unsaturated/α-hetero) is 1. The van der Waals surface area contributed by atoms with Gasteiger partial charge in [0.15, 0.2) is 5.78 Å². The SMILES string of the molecule is CC1(C)CC(=O)C2=C(C1)OC(n1cccc1)=C(C#N)[C@H]2c1ccccc1. The van der Waals surface area contributed by atoms with Gasteiger partial charge in [-0.05, 0) is 23.1 Å². The lowest BCUT2D eigenvalue weighted by Gasteiger charge is -2.38. The van der Waals surface area contributed by atoms with Crippen molar-refractivity contribution in [2.24, 2.45) is 5.41 Å². The van der Waals surface area contributed by atoms with Gasteiger partial charge < -0.3 is 4.74 Å². The van der Waals surface area contributed by atoms with Gasteiger partial charge in [0.1, 0.15) is 17.4 Å². The number of rotatable bonds is 2. The topological polar surface area (TPSA) is 55.0 Å². The van der Waals surface area contributed by atoms with Gasteiger partial charge >= 0.3 is 0 Å². The lowest BCUT2D eigenvalue weighted by Crippen LogP contribution is -2.32. The van der Waals surface area contributed by atoms with Crippen LogP contribution in [-0.2, 0) is 9.53 Å². The summed E-state index contributed by atoms with van der Waals surface area (Å²) in [6, 6.07) is 15.8. The highest BCUT2D eigenvalue weighted by Gasteiger charge is 2.43. The van der Waals surface area contributed by atoms with E-state index in [-0.39, 0.29) is 17.1 Å². The maximum atomic E-state index is 13.0. The lowest BCUT2D eigenvalue weighted by molar-refractivity contribution is -0.118. The van der Waals surface area contributed by atoms with Crippen molar-refractivity contribution in [3.8, 4) is 6.07 Å². The van der Waals surface area contributed by atoms with E-state index in [0.717, 1.165) is 5.56 Å². The second-order valence-electron chi connectivity index (χ2n) is 7.64. The summed E-state index contributed by atoms with van der Waals surface area (Å²) in [5.74, 6) is 0.883. The third kappa shape index (κ3) is 2.66. The number of carbonyl (C=O) groups is 1. The van der Waals surface area contributed by atoms with E-state index in [2.05, 4.69) is 19.9 Å². The molecule has 1 aliphatic heterocycles. The zero-order valence-corrected chi connectivity index (χ0v) is 14.9. The number of carbonyl (C=O) groups excluding carboxylic acids is 1. The number of benzene rings is 1. The summed E-state index contributed by atoms with van der Waals surface area (Å²) in [6.45, 7) is 4.16. The molecule has 1 atom stereocenters. The molecule has 0 saturated carbocycles. The van der Waals surface area contributed by atoms with E-state index in [9.17, 15) is 10.1 Å². The molecule has 0 unspecified atom stereocenters. The first-order valence-corrected chi connectivity index (χ1v) is 8.77. The molecule has 0 N–H and O–H groups in total. The molecule has 0 saturated heterocycles. The van der Waals surface area contributed by atoms with Gasteiger partial charge in [0.25, 0.3) is 0 Å². The van der Waals surface area contributed by atoms with Gasteiger partial charge in [-0.25, -0.2) is 0 Å². The van der Waals surface area contributed by atoms with E-state index in [4.69, 9.17) is 4.74 Å². The fourth-order valence-corrected chi connectivity index (χ4v) is 3.88. The first kappa shape index (κ1) is 16.4. The molecule has 2 aromatic rings. The van der Waals surface area contributed by atoms with Gasteiger partial charge in [-0.3, -0.25) is 9.36 Å². The normalized spacial score (nSPS) is 21.9. The minimum Gasteiger partial charge on any atom is -0.443 e. The number of nitrogens with zero attached hydrogens (tertiary/aromatic N) is 2. The lowest BCUT2D eigenvalue weighted by atomic mass is 9.70. The van der Waals surface area contributed by atoms with E-state index >= 15 is 0 Å². The van der Waals surface area contributed by atoms with Crippen LogP contribution in [-0.4, -0.2) is 10.4 Å². The average molecular weight is 344 g/mol. The Morgan fingerprint density at radius 1 is 1.12 bits per heavy atom. The molecule has 2 aliphatic rings. The van der Waals surface area contributed by atoms with E-state index in [1.165, 1.54) is 0 Å². The Balaban J connectivity index is 1.95. The molecular weight excluding hydrogens is 324 g/mol. The number of allylic oxidation sites excluding steroid dienone is 3. The molecule has 4 rings (SSSR count). The zero-order valence-electron chi connectivity index (χ0n) is 14.9. The van der Waals surface area contributed by atoms with E-state index in [1.807, 2.05) is 59.4 Å². The summed E-state index contributed by atoms with van der Waals surface area (Å²) in [5.41, 5.74) is 1.91. The van der Waals surface area contributed by atoms with Crippen LogP contribution >= 0.6 is 0 Å². The summed E-state index contributed by atoms with van der Waals surface area (Å²) >= 11 is 0. The Bertz CT molecular complexity index is 957. The minimum atomic E-state index is -0.383. The fraction of sp³-hybridized carbons (Fsp3) is 0.273. The van der Waals surface area contributed by atoms with Crippen LogP contribution < -0.4 is 0 Å². The van der Waals surface area contributed by atoms with Crippen molar-refractivity contribution < 1.29 is 9.53 Å². The second kappa shape index (κ2) is 6.03. The zero-order chi connectivity index (χ0) is 18.3. The summed E-state index contributed by atoms with van der Waals surface area (Å²) in [4.78, 5) is 13.0.